The van der Waals surface area contributed by atoms with Crippen LogP contribution in [0.25, 0.3) is 0 Å². The van der Waals surface area contributed by atoms with Gasteiger partial charge < -0.3 is 15.8 Å². The Kier molecular flexibility index (Phi) is 5.03. The molecule has 0 radical (unpaired) electrons. The maximum absolute atomic E-state index is 13.4. The zero-order valence-corrected chi connectivity index (χ0v) is 14.8. The molecule has 3 rings (SSSR count). The molecule has 2 aromatic carbocycles. The van der Waals surface area contributed by atoms with E-state index in [1.54, 1.807) is 30.3 Å². The first-order valence-corrected chi connectivity index (χ1v) is 8.53. The lowest BCUT2D eigenvalue weighted by molar-refractivity contribution is -0.157. The van der Waals surface area contributed by atoms with Gasteiger partial charge in [-0.1, -0.05) is 34.1 Å². The lowest BCUT2D eigenvalue weighted by Crippen LogP contribution is -2.30. The van der Waals surface area contributed by atoms with Gasteiger partial charge in [-0.05, 0) is 36.2 Å². The van der Waals surface area contributed by atoms with Crippen molar-refractivity contribution in [3.8, 4) is 0 Å². The lowest BCUT2D eigenvalue weighted by atomic mass is 9.91. The quantitative estimate of drug-likeness (QED) is 0.763. The first-order chi connectivity index (χ1) is 12.0. The Morgan fingerprint density at radius 1 is 1.28 bits per heavy atom. The van der Waals surface area contributed by atoms with Gasteiger partial charge in [-0.15, -0.1) is 0 Å². The van der Waals surface area contributed by atoms with Crippen LogP contribution in [0.5, 0.6) is 0 Å². The number of amides is 1. The average Bonchev–Trinajstić information content (AvgIpc) is 2.58. The average molecular weight is 407 g/mol. The number of carbonyl (C=O) groups excluding carboxylic acids is 2. The van der Waals surface area contributed by atoms with E-state index < -0.39 is 23.9 Å². The molecule has 0 saturated carbocycles. The molecule has 0 spiro atoms. The Morgan fingerprint density at radius 3 is 2.80 bits per heavy atom. The molecule has 1 amide bonds. The smallest absolute Gasteiger partial charge is 0.314 e. The number of halogens is 2. The third kappa shape index (κ3) is 3.82. The van der Waals surface area contributed by atoms with Crippen LogP contribution in [0.15, 0.2) is 46.9 Å². The Bertz CT molecular complexity index is 828. The summed E-state index contributed by atoms with van der Waals surface area (Å²) in [6.07, 6.45) is -0.690. The number of carbonyl (C=O) groups is 2. The normalized spacial score (nSPS) is 17.1. The largest absolute Gasteiger partial charge is 0.447 e. The van der Waals surface area contributed by atoms with Gasteiger partial charge in [0, 0.05) is 22.3 Å². The second-order valence-electron chi connectivity index (χ2n) is 5.77. The van der Waals surface area contributed by atoms with Gasteiger partial charge in [-0.25, -0.2) is 4.39 Å². The molecule has 5 nitrogen and oxygen atoms in total. The van der Waals surface area contributed by atoms with Gasteiger partial charge in [0.15, 0.2) is 0 Å². The first-order valence-electron chi connectivity index (χ1n) is 7.74. The summed E-state index contributed by atoms with van der Waals surface area (Å²) in [6.45, 7) is 0.508. The minimum Gasteiger partial charge on any atom is -0.447 e. The summed E-state index contributed by atoms with van der Waals surface area (Å²) in [6, 6.07) is 11.1. The first kappa shape index (κ1) is 17.4. The highest BCUT2D eigenvalue weighted by atomic mass is 79.9. The van der Waals surface area contributed by atoms with E-state index in [0.717, 1.165) is 4.47 Å². The molecule has 0 aromatic heterocycles. The molecule has 7 heteroatoms. The molecule has 2 aromatic rings. The summed E-state index contributed by atoms with van der Waals surface area (Å²) >= 11 is 3.31. The van der Waals surface area contributed by atoms with Crippen molar-refractivity contribution in [2.75, 3.05) is 11.9 Å². The van der Waals surface area contributed by atoms with Gasteiger partial charge >= 0.3 is 5.97 Å². The number of rotatable bonds is 4. The van der Waals surface area contributed by atoms with E-state index >= 15 is 0 Å². The van der Waals surface area contributed by atoms with Crippen molar-refractivity contribution in [1.29, 1.82) is 0 Å². The SMILES string of the molecule is NC(=O)C(OC(=O)C1CCNc2cc(F)ccc21)c1cccc(Br)c1. The summed E-state index contributed by atoms with van der Waals surface area (Å²) in [7, 11) is 0. The highest BCUT2D eigenvalue weighted by Gasteiger charge is 2.32. The van der Waals surface area contributed by atoms with E-state index in [9.17, 15) is 14.0 Å². The second-order valence-corrected chi connectivity index (χ2v) is 6.69. The summed E-state index contributed by atoms with van der Waals surface area (Å²) in [5, 5.41) is 3.06. The van der Waals surface area contributed by atoms with E-state index in [2.05, 4.69) is 21.2 Å². The number of hydrogen-bond donors (Lipinski definition) is 2. The van der Waals surface area contributed by atoms with Crippen LogP contribution in [0.4, 0.5) is 10.1 Å². The maximum Gasteiger partial charge on any atom is 0.314 e. The van der Waals surface area contributed by atoms with Gasteiger partial charge in [-0.2, -0.15) is 0 Å². The van der Waals surface area contributed by atoms with Crippen molar-refractivity contribution < 1.29 is 18.7 Å². The fourth-order valence-corrected chi connectivity index (χ4v) is 3.31. The van der Waals surface area contributed by atoms with Crippen molar-refractivity contribution in [3.63, 3.8) is 0 Å². The van der Waals surface area contributed by atoms with Crippen LogP contribution in [-0.4, -0.2) is 18.4 Å². The van der Waals surface area contributed by atoms with Crippen LogP contribution in [-0.2, 0) is 14.3 Å². The summed E-state index contributed by atoms with van der Waals surface area (Å²) in [4.78, 5) is 24.4. The fraction of sp³-hybridized carbons (Fsp3) is 0.222. The molecule has 2 atom stereocenters. The number of nitrogens with two attached hydrogens (primary N) is 1. The zero-order chi connectivity index (χ0) is 18.0. The molecule has 0 bridgehead atoms. The van der Waals surface area contributed by atoms with E-state index in [-0.39, 0.29) is 5.82 Å². The number of benzene rings is 2. The Morgan fingerprint density at radius 2 is 2.08 bits per heavy atom. The summed E-state index contributed by atoms with van der Waals surface area (Å²) < 4.78 is 19.5. The minimum atomic E-state index is -1.18. The van der Waals surface area contributed by atoms with Crippen LogP contribution in [0.1, 0.15) is 29.6 Å². The monoisotopic (exact) mass is 406 g/mol. The molecule has 0 fully saturated rings. The van der Waals surface area contributed by atoms with Crippen LogP contribution in [0.3, 0.4) is 0 Å². The number of primary amides is 1. The Hall–Kier alpha value is -2.41. The predicted octanol–water partition coefficient (Wildman–Crippen LogP) is 3.26. The Balaban J connectivity index is 1.85. The van der Waals surface area contributed by atoms with Crippen molar-refractivity contribution >= 4 is 33.5 Å². The number of nitrogens with one attached hydrogen (secondary N) is 1. The molecule has 3 N–H and O–H groups in total. The fourth-order valence-electron chi connectivity index (χ4n) is 2.90. The van der Waals surface area contributed by atoms with E-state index in [1.807, 2.05) is 0 Å². The molecule has 2 unspecified atom stereocenters. The van der Waals surface area contributed by atoms with Gasteiger partial charge in [-0.3, -0.25) is 9.59 Å². The maximum atomic E-state index is 13.4. The zero-order valence-electron chi connectivity index (χ0n) is 13.2. The minimum absolute atomic E-state index is 0.385. The van der Waals surface area contributed by atoms with Gasteiger partial charge in [0.25, 0.3) is 5.91 Å². The van der Waals surface area contributed by atoms with Crippen molar-refractivity contribution in [2.24, 2.45) is 5.73 Å². The molecular formula is C18H16BrFN2O3. The molecule has 25 heavy (non-hydrogen) atoms. The summed E-state index contributed by atoms with van der Waals surface area (Å²) in [5.74, 6) is -2.27. The number of hydrogen-bond acceptors (Lipinski definition) is 4. The second kappa shape index (κ2) is 7.23. The van der Waals surface area contributed by atoms with Crippen molar-refractivity contribution in [2.45, 2.75) is 18.4 Å². The molecule has 1 aliphatic heterocycles. The third-order valence-corrected chi connectivity index (χ3v) is 4.56. The van der Waals surface area contributed by atoms with Gasteiger partial charge in [0.1, 0.15) is 5.82 Å². The molecule has 1 heterocycles. The molecular weight excluding hydrogens is 391 g/mol. The highest BCUT2D eigenvalue weighted by molar-refractivity contribution is 9.10. The van der Waals surface area contributed by atoms with E-state index in [0.29, 0.717) is 29.8 Å². The number of fused-ring (bicyclic) bond motifs is 1. The standard InChI is InChI=1S/C18H16BrFN2O3/c19-11-3-1-2-10(8-11)16(17(21)23)25-18(24)14-6-7-22-15-9-12(20)4-5-13(14)15/h1-5,8-9,14,16,22H,6-7H2,(H2,21,23). The van der Waals surface area contributed by atoms with Crippen LogP contribution in [0.2, 0.25) is 0 Å². The summed E-state index contributed by atoms with van der Waals surface area (Å²) in [5.41, 5.74) is 7.12. The lowest BCUT2D eigenvalue weighted by Gasteiger charge is -2.26. The van der Waals surface area contributed by atoms with Crippen molar-refractivity contribution in [1.82, 2.24) is 0 Å². The van der Waals surface area contributed by atoms with Crippen molar-refractivity contribution in [3.05, 3.63) is 63.9 Å². The third-order valence-electron chi connectivity index (χ3n) is 4.07. The molecule has 130 valence electrons. The topological polar surface area (TPSA) is 81.4 Å². The molecule has 0 aliphatic carbocycles. The van der Waals surface area contributed by atoms with Gasteiger partial charge in [0.05, 0.1) is 5.92 Å². The highest BCUT2D eigenvalue weighted by Crippen LogP contribution is 2.34. The molecule has 0 saturated heterocycles. The number of esters is 1. The van der Waals surface area contributed by atoms with E-state index in [4.69, 9.17) is 10.5 Å². The number of anilines is 1. The molecule has 1 aliphatic rings. The van der Waals surface area contributed by atoms with Crippen LogP contribution >= 0.6 is 15.9 Å². The predicted molar refractivity (Wildman–Crippen MR) is 94.4 cm³/mol. The van der Waals surface area contributed by atoms with Crippen LogP contribution in [0, 0.1) is 5.82 Å². The van der Waals surface area contributed by atoms with E-state index in [1.165, 1.54) is 12.1 Å². The number of ether oxygens (including phenoxy) is 1. The van der Waals surface area contributed by atoms with Crippen LogP contribution < -0.4 is 11.1 Å². The Labute approximate surface area is 152 Å². The van der Waals surface area contributed by atoms with Gasteiger partial charge in [0.2, 0.25) is 6.10 Å².